The molecular weight excluding hydrogens is 212 g/mol. The Morgan fingerprint density at radius 1 is 1.00 bits per heavy atom. The van der Waals surface area contributed by atoms with Gasteiger partial charge in [-0.2, -0.15) is 0 Å². The number of rotatable bonds is 1. The number of hydrogen-bond acceptors (Lipinski definition) is 2. The van der Waals surface area contributed by atoms with Crippen molar-refractivity contribution in [2.24, 2.45) is 0 Å². The lowest BCUT2D eigenvalue weighted by atomic mass is 9.92. The number of carbonyl (C=O) groups is 1. The van der Waals surface area contributed by atoms with Crippen LogP contribution in [0.25, 0.3) is 6.08 Å². The van der Waals surface area contributed by atoms with Crippen LogP contribution in [0.5, 0.6) is 0 Å². The molecular formula is C15H14O2. The lowest BCUT2D eigenvalue weighted by molar-refractivity contribution is -0.133. The molecule has 0 radical (unpaired) electrons. The SMILES string of the molecule is O=C1OC(=Cc2ccccc2)C2=C1CCCC2. The zero-order valence-electron chi connectivity index (χ0n) is 9.61. The molecule has 0 aromatic heterocycles. The van der Waals surface area contributed by atoms with Crippen LogP contribution in [-0.4, -0.2) is 5.97 Å². The Hall–Kier alpha value is -1.83. The third-order valence-electron chi connectivity index (χ3n) is 3.31. The average molecular weight is 226 g/mol. The van der Waals surface area contributed by atoms with E-state index in [2.05, 4.69) is 0 Å². The zero-order chi connectivity index (χ0) is 11.7. The van der Waals surface area contributed by atoms with Crippen LogP contribution in [0, 0.1) is 0 Å². The molecule has 1 aliphatic heterocycles. The van der Waals surface area contributed by atoms with E-state index in [0.717, 1.165) is 48.2 Å². The number of hydrogen-bond donors (Lipinski definition) is 0. The van der Waals surface area contributed by atoms with Gasteiger partial charge in [-0.1, -0.05) is 30.3 Å². The minimum atomic E-state index is -0.137. The first-order valence-corrected chi connectivity index (χ1v) is 6.06. The first kappa shape index (κ1) is 10.3. The summed E-state index contributed by atoms with van der Waals surface area (Å²) in [7, 11) is 0. The fraction of sp³-hybridized carbons (Fsp3) is 0.267. The molecule has 0 atom stereocenters. The van der Waals surface area contributed by atoms with Crippen molar-refractivity contribution in [3.8, 4) is 0 Å². The molecule has 1 heterocycles. The van der Waals surface area contributed by atoms with Gasteiger partial charge in [0, 0.05) is 11.1 Å². The molecule has 0 unspecified atom stereocenters. The summed E-state index contributed by atoms with van der Waals surface area (Å²) in [5.74, 6) is 0.623. The number of carbonyl (C=O) groups excluding carboxylic acids is 1. The third-order valence-corrected chi connectivity index (χ3v) is 3.31. The van der Waals surface area contributed by atoms with E-state index in [1.807, 2.05) is 36.4 Å². The quantitative estimate of drug-likeness (QED) is 0.685. The van der Waals surface area contributed by atoms with E-state index in [-0.39, 0.29) is 5.97 Å². The molecule has 1 aromatic carbocycles. The Morgan fingerprint density at radius 2 is 1.71 bits per heavy atom. The van der Waals surface area contributed by atoms with Crippen LogP contribution in [0.15, 0.2) is 47.2 Å². The minimum Gasteiger partial charge on any atom is -0.423 e. The molecule has 0 amide bonds. The van der Waals surface area contributed by atoms with Gasteiger partial charge in [-0.05, 0) is 37.3 Å². The predicted molar refractivity (Wildman–Crippen MR) is 66.0 cm³/mol. The van der Waals surface area contributed by atoms with E-state index in [0.29, 0.717) is 0 Å². The number of allylic oxidation sites excluding steroid dienone is 1. The highest BCUT2D eigenvalue weighted by molar-refractivity contribution is 5.95. The van der Waals surface area contributed by atoms with Gasteiger partial charge in [0.1, 0.15) is 5.76 Å². The summed E-state index contributed by atoms with van der Waals surface area (Å²) in [5.41, 5.74) is 3.11. The van der Waals surface area contributed by atoms with Crippen molar-refractivity contribution in [1.29, 1.82) is 0 Å². The van der Waals surface area contributed by atoms with Crippen LogP contribution in [-0.2, 0) is 9.53 Å². The molecule has 0 spiro atoms. The van der Waals surface area contributed by atoms with E-state index < -0.39 is 0 Å². The summed E-state index contributed by atoms with van der Waals surface area (Å²) in [5, 5.41) is 0. The number of ether oxygens (including phenoxy) is 1. The van der Waals surface area contributed by atoms with Gasteiger partial charge in [0.05, 0.1) is 0 Å². The fourth-order valence-corrected chi connectivity index (χ4v) is 2.44. The Bertz CT molecular complexity index is 509. The first-order chi connectivity index (χ1) is 8.34. The van der Waals surface area contributed by atoms with Gasteiger partial charge in [0.15, 0.2) is 0 Å². The van der Waals surface area contributed by atoms with Gasteiger partial charge in [-0.25, -0.2) is 4.79 Å². The molecule has 0 bridgehead atoms. The normalized spacial score (nSPS) is 21.6. The molecule has 3 rings (SSSR count). The van der Waals surface area contributed by atoms with Crippen molar-refractivity contribution in [1.82, 2.24) is 0 Å². The number of cyclic esters (lactones) is 1. The predicted octanol–water partition coefficient (Wildman–Crippen LogP) is 3.45. The molecule has 0 fully saturated rings. The van der Waals surface area contributed by atoms with Gasteiger partial charge >= 0.3 is 5.97 Å². The molecule has 0 saturated heterocycles. The van der Waals surface area contributed by atoms with E-state index in [4.69, 9.17) is 4.74 Å². The van der Waals surface area contributed by atoms with Crippen LogP contribution >= 0.6 is 0 Å². The second-order valence-electron chi connectivity index (χ2n) is 4.47. The van der Waals surface area contributed by atoms with Crippen molar-refractivity contribution in [2.75, 3.05) is 0 Å². The summed E-state index contributed by atoms with van der Waals surface area (Å²) in [4.78, 5) is 11.7. The lowest BCUT2D eigenvalue weighted by Crippen LogP contribution is -2.01. The second kappa shape index (κ2) is 4.21. The summed E-state index contributed by atoms with van der Waals surface area (Å²) < 4.78 is 5.36. The molecule has 86 valence electrons. The Balaban J connectivity index is 1.98. The van der Waals surface area contributed by atoms with E-state index in [9.17, 15) is 4.79 Å². The zero-order valence-corrected chi connectivity index (χ0v) is 9.61. The summed E-state index contributed by atoms with van der Waals surface area (Å²) >= 11 is 0. The molecule has 2 heteroatoms. The molecule has 0 N–H and O–H groups in total. The van der Waals surface area contributed by atoms with Crippen molar-refractivity contribution >= 4 is 12.0 Å². The molecule has 0 saturated carbocycles. The van der Waals surface area contributed by atoms with Crippen molar-refractivity contribution < 1.29 is 9.53 Å². The molecule has 1 aliphatic carbocycles. The van der Waals surface area contributed by atoms with E-state index in [1.54, 1.807) is 0 Å². The smallest absolute Gasteiger partial charge is 0.339 e. The number of benzene rings is 1. The highest BCUT2D eigenvalue weighted by Gasteiger charge is 2.30. The number of esters is 1. The fourth-order valence-electron chi connectivity index (χ4n) is 2.44. The first-order valence-electron chi connectivity index (χ1n) is 6.06. The summed E-state index contributed by atoms with van der Waals surface area (Å²) in [6.45, 7) is 0. The second-order valence-corrected chi connectivity index (χ2v) is 4.47. The van der Waals surface area contributed by atoms with Gasteiger partial charge < -0.3 is 4.74 Å². The summed E-state index contributed by atoms with van der Waals surface area (Å²) in [6, 6.07) is 9.98. The van der Waals surface area contributed by atoms with Gasteiger partial charge in [0.2, 0.25) is 0 Å². The lowest BCUT2D eigenvalue weighted by Gasteiger charge is -2.10. The Labute approximate surface area is 101 Å². The maximum Gasteiger partial charge on any atom is 0.339 e. The Morgan fingerprint density at radius 3 is 2.47 bits per heavy atom. The van der Waals surface area contributed by atoms with Crippen LogP contribution in [0.4, 0.5) is 0 Å². The minimum absolute atomic E-state index is 0.137. The topological polar surface area (TPSA) is 26.3 Å². The van der Waals surface area contributed by atoms with Crippen molar-refractivity contribution in [2.45, 2.75) is 25.7 Å². The molecule has 2 nitrogen and oxygen atoms in total. The summed E-state index contributed by atoms with van der Waals surface area (Å²) in [6.07, 6.45) is 6.07. The van der Waals surface area contributed by atoms with Crippen LogP contribution in [0.1, 0.15) is 31.2 Å². The Kier molecular flexibility index (Phi) is 2.56. The highest BCUT2D eigenvalue weighted by atomic mass is 16.5. The van der Waals surface area contributed by atoms with Gasteiger partial charge in [0.25, 0.3) is 0 Å². The highest BCUT2D eigenvalue weighted by Crippen LogP contribution is 2.37. The average Bonchev–Trinajstić information content (AvgIpc) is 2.69. The maximum atomic E-state index is 11.7. The van der Waals surface area contributed by atoms with Crippen LogP contribution in [0.3, 0.4) is 0 Å². The van der Waals surface area contributed by atoms with Crippen LogP contribution in [0.2, 0.25) is 0 Å². The van der Waals surface area contributed by atoms with E-state index >= 15 is 0 Å². The third kappa shape index (κ3) is 1.91. The van der Waals surface area contributed by atoms with Gasteiger partial charge in [-0.15, -0.1) is 0 Å². The monoisotopic (exact) mass is 226 g/mol. The van der Waals surface area contributed by atoms with Crippen molar-refractivity contribution in [3.05, 3.63) is 52.8 Å². The van der Waals surface area contributed by atoms with Gasteiger partial charge in [-0.3, -0.25) is 0 Å². The maximum absolute atomic E-state index is 11.7. The molecule has 2 aliphatic rings. The van der Waals surface area contributed by atoms with E-state index in [1.165, 1.54) is 0 Å². The largest absolute Gasteiger partial charge is 0.423 e. The standard InChI is InChI=1S/C15H14O2/c16-15-13-9-5-4-8-12(13)14(17-15)10-11-6-2-1-3-7-11/h1-3,6-7,10H,4-5,8-9H2. The molecule has 17 heavy (non-hydrogen) atoms. The van der Waals surface area contributed by atoms with Crippen LogP contribution < -0.4 is 0 Å². The van der Waals surface area contributed by atoms with Crippen molar-refractivity contribution in [3.63, 3.8) is 0 Å². The molecule has 1 aromatic rings.